The van der Waals surface area contributed by atoms with Crippen LogP contribution in [0.1, 0.15) is 61.9 Å². The lowest BCUT2D eigenvalue weighted by Gasteiger charge is -2.19. The highest BCUT2D eigenvalue weighted by Gasteiger charge is 2.16. The molecule has 47 heavy (non-hydrogen) atoms. The number of rotatable bonds is 12. The van der Waals surface area contributed by atoms with E-state index in [1.807, 2.05) is 0 Å². The van der Waals surface area contributed by atoms with Crippen molar-refractivity contribution in [1.29, 1.82) is 0 Å². The summed E-state index contributed by atoms with van der Waals surface area (Å²) in [6, 6.07) is 35.2. The van der Waals surface area contributed by atoms with Crippen LogP contribution in [0.2, 0.25) is 0 Å². The zero-order valence-electron chi connectivity index (χ0n) is 28.0. The summed E-state index contributed by atoms with van der Waals surface area (Å²) in [4.78, 5) is 27.5. The predicted octanol–water partition coefficient (Wildman–Crippen LogP) is 9.60. The fourth-order valence-electron chi connectivity index (χ4n) is 6.33. The number of aryl methyl sites for hydroxylation is 1. The van der Waals surface area contributed by atoms with E-state index < -0.39 is 5.97 Å². The Hall–Kier alpha value is -4.99. The minimum absolute atomic E-state index is 0.144. The van der Waals surface area contributed by atoms with Crippen LogP contribution < -0.4 is 4.74 Å². The molecule has 0 fully saturated rings. The van der Waals surface area contributed by atoms with Crippen LogP contribution in [0.15, 0.2) is 97.1 Å². The van der Waals surface area contributed by atoms with Crippen LogP contribution in [0.4, 0.5) is 0 Å². The molecule has 1 N–H and O–H groups in total. The van der Waals surface area contributed by atoms with Gasteiger partial charge in [0.2, 0.25) is 0 Å². The van der Waals surface area contributed by atoms with Crippen molar-refractivity contribution in [2.75, 3.05) is 7.11 Å². The van der Waals surface area contributed by atoms with Crippen molar-refractivity contribution in [1.82, 2.24) is 0 Å². The van der Waals surface area contributed by atoms with E-state index in [2.05, 4.69) is 125 Å². The topological polar surface area (TPSA) is 80.7 Å². The molecule has 0 saturated carbocycles. The number of carboxylic acids is 1. The number of carbonyl (C=O) groups is 1. The number of carboxylic acid groups (broad SMARTS) is 1. The molecule has 0 atom stereocenters. The van der Waals surface area contributed by atoms with E-state index in [4.69, 9.17) is 14.3 Å². The maximum atomic E-state index is 11.2. The Balaban J connectivity index is 0.00000160. The van der Waals surface area contributed by atoms with E-state index in [0.717, 1.165) is 30.6 Å². The molecule has 5 heteroatoms. The summed E-state index contributed by atoms with van der Waals surface area (Å²) in [7, 11) is 1.75. The largest absolute Gasteiger partial charge is 0.496 e. The molecule has 0 bridgehead atoms. The second-order valence-electron chi connectivity index (χ2n) is 12.9. The van der Waals surface area contributed by atoms with Gasteiger partial charge in [-0.15, -0.1) is 0 Å². The maximum absolute atomic E-state index is 11.2. The Labute approximate surface area is 278 Å². The molecule has 0 aliphatic rings. The molecular formula is C42H44O5. The minimum atomic E-state index is -0.761. The fraction of sp³-hybridized carbons (Fsp3) is 0.286. The number of benzene rings is 5. The second kappa shape index (κ2) is 16.5. The quantitative estimate of drug-likeness (QED) is 0.149. The summed E-state index contributed by atoms with van der Waals surface area (Å²) < 4.78 is 5.74. The Morgan fingerprint density at radius 1 is 0.702 bits per heavy atom. The van der Waals surface area contributed by atoms with Gasteiger partial charge < -0.3 is 9.84 Å². The number of methoxy groups -OCH3 is 1. The van der Waals surface area contributed by atoms with Gasteiger partial charge in [0.05, 0.1) is 7.11 Å². The van der Waals surface area contributed by atoms with Crippen molar-refractivity contribution >= 4 is 22.9 Å². The van der Waals surface area contributed by atoms with Gasteiger partial charge in [0.25, 0.3) is 0 Å². The molecule has 0 aliphatic heterocycles. The molecule has 0 aliphatic carbocycles. The van der Waals surface area contributed by atoms with Crippen molar-refractivity contribution in [2.45, 2.75) is 59.8 Å². The van der Waals surface area contributed by atoms with Gasteiger partial charge in [-0.1, -0.05) is 113 Å². The van der Waals surface area contributed by atoms with Gasteiger partial charge >= 0.3 is 12.1 Å². The molecule has 5 rings (SSSR count). The van der Waals surface area contributed by atoms with Gasteiger partial charge in [-0.2, -0.15) is 9.59 Å². The van der Waals surface area contributed by atoms with Crippen LogP contribution in [0.3, 0.4) is 0 Å². The van der Waals surface area contributed by atoms with Crippen molar-refractivity contribution in [2.24, 2.45) is 11.8 Å². The third-order valence-electron chi connectivity index (χ3n) is 8.32. The molecule has 0 unspecified atom stereocenters. The molecule has 5 aromatic rings. The smallest absolute Gasteiger partial charge is 0.373 e. The summed E-state index contributed by atoms with van der Waals surface area (Å²) in [5, 5.41) is 11.8. The second-order valence-corrected chi connectivity index (χ2v) is 12.9. The van der Waals surface area contributed by atoms with E-state index >= 15 is 0 Å². The average molecular weight is 629 g/mol. The average Bonchev–Trinajstić information content (AvgIpc) is 3.04. The Bertz CT molecular complexity index is 1860. The van der Waals surface area contributed by atoms with Gasteiger partial charge in [0.15, 0.2) is 0 Å². The summed E-state index contributed by atoms with van der Waals surface area (Å²) in [6.07, 6.45) is 3.65. The van der Waals surface area contributed by atoms with Gasteiger partial charge in [-0.3, -0.25) is 4.79 Å². The van der Waals surface area contributed by atoms with E-state index in [-0.39, 0.29) is 12.6 Å². The highest BCUT2D eigenvalue weighted by molar-refractivity contribution is 5.86. The van der Waals surface area contributed by atoms with Crippen LogP contribution in [-0.4, -0.2) is 24.3 Å². The van der Waals surface area contributed by atoms with Gasteiger partial charge in [0, 0.05) is 6.42 Å². The van der Waals surface area contributed by atoms with Gasteiger partial charge in [-0.05, 0) is 110 Å². The number of hydrogen-bond donors (Lipinski definition) is 1. The Morgan fingerprint density at radius 3 is 1.98 bits per heavy atom. The first-order chi connectivity index (χ1) is 22.6. The molecule has 0 amide bonds. The number of aliphatic carboxylic acids is 1. The summed E-state index contributed by atoms with van der Waals surface area (Å²) in [5.41, 5.74) is 11.0. The zero-order chi connectivity index (χ0) is 33.9. The molecule has 0 saturated heterocycles. The van der Waals surface area contributed by atoms with Crippen LogP contribution in [0.5, 0.6) is 5.75 Å². The van der Waals surface area contributed by atoms with Crippen LogP contribution in [-0.2, 0) is 40.1 Å². The van der Waals surface area contributed by atoms with E-state index in [1.165, 1.54) is 55.3 Å². The standard InChI is InChI=1S/C41H44O3.CO2/c1-27(2)21-34-23-29(14-20-41(42)43)13-17-38(34)32-15-18-39(33-16-19-40(44-5)36(26-33)22-28(3)4)35(25-32)24-31-11-8-10-30-9-6-7-12-37(30)31;2-1-3/h6-13,15-19,23,25-28H,14,20-22,24H2,1-5H3,(H,42,43);. The van der Waals surface area contributed by atoms with Crippen LogP contribution >= 0.6 is 0 Å². The van der Waals surface area contributed by atoms with Crippen molar-refractivity contribution < 1.29 is 24.2 Å². The third-order valence-corrected chi connectivity index (χ3v) is 8.32. The molecule has 5 aromatic carbocycles. The zero-order valence-corrected chi connectivity index (χ0v) is 28.0. The lowest BCUT2D eigenvalue weighted by Crippen LogP contribution is -2.02. The van der Waals surface area contributed by atoms with Gasteiger partial charge in [0.1, 0.15) is 5.75 Å². The molecular weight excluding hydrogens is 584 g/mol. The molecule has 0 spiro atoms. The number of fused-ring (bicyclic) bond motifs is 1. The van der Waals surface area contributed by atoms with Gasteiger partial charge in [-0.25, -0.2) is 0 Å². The molecule has 0 radical (unpaired) electrons. The number of hydrogen-bond acceptors (Lipinski definition) is 4. The third kappa shape index (κ3) is 9.28. The molecule has 242 valence electrons. The first-order valence-corrected chi connectivity index (χ1v) is 16.2. The normalized spacial score (nSPS) is 10.9. The van der Waals surface area contributed by atoms with E-state index in [9.17, 15) is 9.90 Å². The molecule has 0 aromatic heterocycles. The van der Waals surface area contributed by atoms with E-state index in [0.29, 0.717) is 18.3 Å². The number of carbonyl (C=O) groups excluding carboxylic acids is 2. The van der Waals surface area contributed by atoms with Crippen LogP contribution in [0.25, 0.3) is 33.0 Å². The lowest BCUT2D eigenvalue weighted by atomic mass is 9.86. The van der Waals surface area contributed by atoms with Crippen molar-refractivity contribution in [3.8, 4) is 28.0 Å². The summed E-state index contributed by atoms with van der Waals surface area (Å²) in [5.74, 6) is 1.19. The Morgan fingerprint density at radius 2 is 1.30 bits per heavy atom. The van der Waals surface area contributed by atoms with Crippen LogP contribution in [0, 0.1) is 11.8 Å². The van der Waals surface area contributed by atoms with E-state index in [1.54, 1.807) is 7.11 Å². The highest BCUT2D eigenvalue weighted by atomic mass is 16.5. The number of ether oxygens (including phenoxy) is 1. The first-order valence-electron chi connectivity index (χ1n) is 16.2. The minimum Gasteiger partial charge on any atom is -0.496 e. The monoisotopic (exact) mass is 628 g/mol. The fourth-order valence-corrected chi connectivity index (χ4v) is 6.33. The molecule has 0 heterocycles. The first kappa shape index (κ1) is 34.9. The maximum Gasteiger partial charge on any atom is 0.373 e. The summed E-state index contributed by atoms with van der Waals surface area (Å²) >= 11 is 0. The predicted molar refractivity (Wildman–Crippen MR) is 189 cm³/mol. The highest BCUT2D eigenvalue weighted by Crippen LogP contribution is 2.36. The van der Waals surface area contributed by atoms with Crippen molar-refractivity contribution in [3.63, 3.8) is 0 Å². The Kier molecular flexibility index (Phi) is 12.3. The van der Waals surface area contributed by atoms with Crippen molar-refractivity contribution in [3.05, 3.63) is 125 Å². The SMILES string of the molecule is COc1ccc(-c2ccc(-c3ccc(CCC(=O)O)cc3CC(C)C)cc2Cc2cccc3ccccc23)cc1CC(C)C.O=C=O. The molecule has 5 nitrogen and oxygen atoms in total. The summed E-state index contributed by atoms with van der Waals surface area (Å²) in [6.45, 7) is 8.96. The lowest BCUT2D eigenvalue weighted by molar-refractivity contribution is -0.191.